The topological polar surface area (TPSA) is 83.8 Å². The van der Waals surface area contributed by atoms with E-state index in [4.69, 9.17) is 4.74 Å². The van der Waals surface area contributed by atoms with Crippen LogP contribution in [0.3, 0.4) is 0 Å². The first-order valence-corrected chi connectivity index (χ1v) is 12.0. The maximum absolute atomic E-state index is 10.4. The Hall–Kier alpha value is -5.83. The number of hydrogen-bond acceptors (Lipinski definition) is 5. The number of anilines is 3. The van der Waals surface area contributed by atoms with Gasteiger partial charge in [-0.3, -0.25) is 0 Å². The van der Waals surface area contributed by atoms with Crippen molar-refractivity contribution in [3.8, 4) is 52.0 Å². The fraction of sp³-hybridized carbons (Fsp3) is 0. The largest absolute Gasteiger partial charge is 0.453 e. The SMILES string of the molecule is N#Cc1ccc(-c2cc(N3c4ccccc4Oc4ccccc43)cc(-c3ccc(C#N)cc3)c2C#N)cc1. The molecule has 0 atom stereocenters. The molecule has 0 saturated carbocycles. The van der Waals surface area contributed by atoms with Crippen LogP contribution in [-0.4, -0.2) is 0 Å². The van der Waals surface area contributed by atoms with E-state index in [0.29, 0.717) is 16.7 Å². The third-order valence-corrected chi connectivity index (χ3v) is 6.58. The molecule has 0 N–H and O–H groups in total. The number of rotatable bonds is 3. The Morgan fingerprint density at radius 3 is 1.39 bits per heavy atom. The van der Waals surface area contributed by atoms with E-state index in [2.05, 4.69) is 23.1 Å². The van der Waals surface area contributed by atoms with Crippen LogP contribution in [0.5, 0.6) is 11.5 Å². The number of para-hydroxylation sites is 4. The Kier molecular flexibility index (Phi) is 5.55. The molecule has 1 aliphatic heterocycles. The average Bonchev–Trinajstić information content (AvgIpc) is 2.99. The van der Waals surface area contributed by atoms with Crippen molar-refractivity contribution in [2.24, 2.45) is 0 Å². The molecule has 6 rings (SSSR count). The fourth-order valence-corrected chi connectivity index (χ4v) is 4.76. The molecule has 0 saturated heterocycles. The van der Waals surface area contributed by atoms with Crippen molar-refractivity contribution in [1.29, 1.82) is 15.8 Å². The summed E-state index contributed by atoms with van der Waals surface area (Å²) in [6.07, 6.45) is 0. The van der Waals surface area contributed by atoms with Crippen LogP contribution in [0.4, 0.5) is 17.1 Å². The van der Waals surface area contributed by atoms with E-state index in [1.165, 1.54) is 0 Å². The highest BCUT2D eigenvalue weighted by Crippen LogP contribution is 2.51. The van der Waals surface area contributed by atoms with Crippen molar-refractivity contribution < 1.29 is 4.74 Å². The van der Waals surface area contributed by atoms with Crippen molar-refractivity contribution in [1.82, 2.24) is 0 Å². The highest BCUT2D eigenvalue weighted by molar-refractivity contribution is 5.92. The fourth-order valence-electron chi connectivity index (χ4n) is 4.76. The van der Waals surface area contributed by atoms with E-state index < -0.39 is 0 Å². The lowest BCUT2D eigenvalue weighted by molar-refractivity contribution is 0.477. The number of nitrogens with zero attached hydrogens (tertiary/aromatic N) is 4. The molecule has 0 unspecified atom stereocenters. The van der Waals surface area contributed by atoms with Crippen molar-refractivity contribution in [2.45, 2.75) is 0 Å². The number of benzene rings is 5. The van der Waals surface area contributed by atoms with E-state index in [1.54, 1.807) is 24.3 Å². The van der Waals surface area contributed by atoms with E-state index >= 15 is 0 Å². The van der Waals surface area contributed by atoms with Gasteiger partial charge in [0.2, 0.25) is 0 Å². The molecule has 5 aromatic carbocycles. The third-order valence-electron chi connectivity index (χ3n) is 6.58. The van der Waals surface area contributed by atoms with Crippen LogP contribution in [0, 0.1) is 34.0 Å². The van der Waals surface area contributed by atoms with Gasteiger partial charge in [0.1, 0.15) is 6.07 Å². The molecule has 5 nitrogen and oxygen atoms in total. The predicted molar refractivity (Wildman–Crippen MR) is 146 cm³/mol. The second-order valence-electron chi connectivity index (χ2n) is 8.78. The Morgan fingerprint density at radius 1 is 0.526 bits per heavy atom. The van der Waals surface area contributed by atoms with Crippen molar-refractivity contribution >= 4 is 17.1 Å². The Bertz CT molecular complexity index is 1690. The van der Waals surface area contributed by atoms with Gasteiger partial charge < -0.3 is 9.64 Å². The molecular weight excluding hydrogens is 468 g/mol. The predicted octanol–water partition coefficient (Wildman–Crippen LogP) is 8.21. The Morgan fingerprint density at radius 2 is 0.974 bits per heavy atom. The monoisotopic (exact) mass is 486 g/mol. The number of fused-ring (bicyclic) bond motifs is 2. The van der Waals surface area contributed by atoms with Crippen molar-refractivity contribution in [2.75, 3.05) is 4.90 Å². The zero-order valence-electron chi connectivity index (χ0n) is 20.1. The van der Waals surface area contributed by atoms with Gasteiger partial charge in [0, 0.05) is 16.8 Å². The minimum absolute atomic E-state index is 0.512. The molecule has 5 heteroatoms. The summed E-state index contributed by atoms with van der Waals surface area (Å²) in [6.45, 7) is 0. The van der Waals surface area contributed by atoms with Crippen LogP contribution in [0.25, 0.3) is 22.3 Å². The summed E-state index contributed by atoms with van der Waals surface area (Å²) in [5.41, 5.74) is 7.37. The second kappa shape index (κ2) is 9.32. The maximum Gasteiger partial charge on any atom is 0.151 e. The molecule has 0 bridgehead atoms. The lowest BCUT2D eigenvalue weighted by atomic mass is 9.90. The zero-order valence-corrected chi connectivity index (χ0v) is 20.1. The first kappa shape index (κ1) is 22.6. The van der Waals surface area contributed by atoms with Crippen LogP contribution in [0.2, 0.25) is 0 Å². The molecule has 0 radical (unpaired) electrons. The molecule has 0 amide bonds. The summed E-state index contributed by atoms with van der Waals surface area (Å²) in [5, 5.41) is 28.9. The zero-order chi connectivity index (χ0) is 26.1. The van der Waals surface area contributed by atoms with Gasteiger partial charge in [-0.15, -0.1) is 0 Å². The van der Waals surface area contributed by atoms with E-state index in [9.17, 15) is 15.8 Å². The van der Waals surface area contributed by atoms with E-state index in [-0.39, 0.29) is 0 Å². The second-order valence-corrected chi connectivity index (χ2v) is 8.78. The normalized spacial score (nSPS) is 11.2. The standard InChI is InChI=1S/C33H18N4O/c34-19-22-9-13-24(14-10-22)27-17-26(18-28(29(27)21-36)25-15-11-23(20-35)12-16-25)37-30-5-1-3-7-32(30)38-33-8-4-2-6-31(33)37/h1-18H. The summed E-state index contributed by atoms with van der Waals surface area (Å²) in [6, 6.07) is 40.9. The molecule has 176 valence electrons. The van der Waals surface area contributed by atoms with Gasteiger partial charge in [0.15, 0.2) is 11.5 Å². The summed E-state index contributed by atoms with van der Waals surface area (Å²) < 4.78 is 6.20. The first-order valence-electron chi connectivity index (χ1n) is 12.0. The highest BCUT2D eigenvalue weighted by atomic mass is 16.5. The van der Waals surface area contributed by atoms with Crippen molar-refractivity contribution in [3.63, 3.8) is 0 Å². The first-order chi connectivity index (χ1) is 18.7. The molecule has 1 aliphatic rings. The maximum atomic E-state index is 10.4. The smallest absolute Gasteiger partial charge is 0.151 e. The molecule has 0 aromatic heterocycles. The van der Waals surface area contributed by atoms with Gasteiger partial charge in [-0.2, -0.15) is 15.8 Å². The Labute approximate surface area is 220 Å². The molecule has 0 aliphatic carbocycles. The minimum atomic E-state index is 0.512. The van der Waals surface area contributed by atoms with Crippen LogP contribution in [-0.2, 0) is 0 Å². The van der Waals surface area contributed by atoms with E-state index in [0.717, 1.165) is 50.8 Å². The summed E-state index contributed by atoms with van der Waals surface area (Å²) in [7, 11) is 0. The van der Waals surface area contributed by atoms with Crippen LogP contribution in [0.15, 0.2) is 109 Å². The molecule has 38 heavy (non-hydrogen) atoms. The van der Waals surface area contributed by atoms with Crippen LogP contribution < -0.4 is 9.64 Å². The van der Waals surface area contributed by atoms with Crippen LogP contribution >= 0.6 is 0 Å². The number of nitriles is 3. The number of hydrogen-bond donors (Lipinski definition) is 0. The van der Waals surface area contributed by atoms with Gasteiger partial charge in [0.25, 0.3) is 0 Å². The molecule has 1 heterocycles. The Balaban J connectivity index is 1.65. The minimum Gasteiger partial charge on any atom is -0.453 e. The molecule has 0 fully saturated rings. The molecule has 5 aromatic rings. The summed E-state index contributed by atoms with van der Waals surface area (Å²) in [4.78, 5) is 2.13. The summed E-state index contributed by atoms with van der Waals surface area (Å²) in [5.74, 6) is 1.46. The van der Waals surface area contributed by atoms with Crippen molar-refractivity contribution in [3.05, 3.63) is 126 Å². The third kappa shape index (κ3) is 3.80. The van der Waals surface area contributed by atoms with Gasteiger partial charge >= 0.3 is 0 Å². The summed E-state index contributed by atoms with van der Waals surface area (Å²) >= 11 is 0. The van der Waals surface area contributed by atoms with Crippen LogP contribution in [0.1, 0.15) is 16.7 Å². The molecular formula is C33H18N4O. The van der Waals surface area contributed by atoms with E-state index in [1.807, 2.05) is 84.9 Å². The van der Waals surface area contributed by atoms with Gasteiger partial charge in [-0.1, -0.05) is 48.5 Å². The molecule has 0 spiro atoms. The lowest BCUT2D eigenvalue weighted by Gasteiger charge is -2.33. The average molecular weight is 487 g/mol. The van der Waals surface area contributed by atoms with Gasteiger partial charge in [0.05, 0.1) is 40.2 Å². The lowest BCUT2D eigenvalue weighted by Crippen LogP contribution is -2.16. The van der Waals surface area contributed by atoms with Gasteiger partial charge in [-0.05, 0) is 71.8 Å². The highest BCUT2D eigenvalue weighted by Gasteiger charge is 2.27. The quantitative estimate of drug-likeness (QED) is 0.252. The van der Waals surface area contributed by atoms with Gasteiger partial charge in [-0.25, -0.2) is 0 Å². The number of ether oxygens (including phenoxy) is 1.